The lowest BCUT2D eigenvalue weighted by atomic mass is 9.88. The molecule has 1 aliphatic heterocycles. The molecule has 1 aromatic carbocycles. The first kappa shape index (κ1) is 20.6. The number of fused-ring (bicyclic) bond motifs is 1. The van der Waals surface area contributed by atoms with Gasteiger partial charge in [-0.25, -0.2) is 0 Å². The van der Waals surface area contributed by atoms with Crippen molar-refractivity contribution in [2.75, 3.05) is 0 Å². The third-order valence-electron chi connectivity index (χ3n) is 6.34. The summed E-state index contributed by atoms with van der Waals surface area (Å²) >= 11 is 0. The maximum atomic E-state index is 14.0. The van der Waals surface area contributed by atoms with E-state index in [1.807, 2.05) is 38.1 Å². The maximum Gasteiger partial charge on any atom is 0.404 e. The normalized spacial score (nSPS) is 22.9. The molecule has 0 bridgehead atoms. The highest BCUT2D eigenvalue weighted by atomic mass is 19.2. The maximum absolute atomic E-state index is 14.0. The van der Waals surface area contributed by atoms with Crippen molar-refractivity contribution in [2.24, 2.45) is 0 Å². The molecule has 0 amide bonds. The standard InChI is InChI=1S/C26H24FNO4/c1-15-10-18(28-21(11-15)20-6-5-19(29)12-16(20)2)14-24(30)26(8-9-26)17-4-7-22-23(13-17)32-25(3,27)31-22/h4-7,10-11,13H,8-9,12,14H2,1-3H3. The van der Waals surface area contributed by atoms with Gasteiger partial charge in [-0.05, 0) is 79.8 Å². The van der Waals surface area contributed by atoms with Gasteiger partial charge in [0.2, 0.25) is 0 Å². The number of carbonyl (C=O) groups excluding carboxylic acids is 2. The van der Waals surface area contributed by atoms with Crippen LogP contribution in [-0.4, -0.2) is 22.6 Å². The first-order valence-corrected chi connectivity index (χ1v) is 10.8. The molecule has 1 fully saturated rings. The number of ether oxygens (including phenoxy) is 2. The summed E-state index contributed by atoms with van der Waals surface area (Å²) in [5, 5.41) is 0. The van der Waals surface area contributed by atoms with E-state index >= 15 is 0 Å². The molecular formula is C26H24FNO4. The molecule has 5 rings (SSSR count). The zero-order valence-corrected chi connectivity index (χ0v) is 18.3. The van der Waals surface area contributed by atoms with Gasteiger partial charge in [-0.1, -0.05) is 11.6 Å². The zero-order chi connectivity index (χ0) is 22.7. The minimum atomic E-state index is -2.19. The number of hydrogen-bond acceptors (Lipinski definition) is 5. The van der Waals surface area contributed by atoms with E-state index in [4.69, 9.17) is 14.5 Å². The van der Waals surface area contributed by atoms with Crippen LogP contribution in [0.5, 0.6) is 11.5 Å². The highest BCUT2D eigenvalue weighted by Crippen LogP contribution is 2.52. The van der Waals surface area contributed by atoms with E-state index in [1.54, 1.807) is 18.2 Å². The van der Waals surface area contributed by atoms with Gasteiger partial charge in [-0.15, -0.1) is 0 Å². The van der Waals surface area contributed by atoms with Crippen LogP contribution in [0.1, 0.15) is 55.6 Å². The lowest BCUT2D eigenvalue weighted by Crippen LogP contribution is -2.27. The molecule has 2 aromatic rings. The smallest absolute Gasteiger partial charge is 0.404 e. The van der Waals surface area contributed by atoms with Gasteiger partial charge < -0.3 is 9.47 Å². The molecule has 1 saturated carbocycles. The van der Waals surface area contributed by atoms with Crippen molar-refractivity contribution in [3.8, 4) is 11.5 Å². The van der Waals surface area contributed by atoms with E-state index in [0.717, 1.165) is 40.8 Å². The van der Waals surface area contributed by atoms with Crippen molar-refractivity contribution in [2.45, 2.75) is 57.9 Å². The van der Waals surface area contributed by atoms with Crippen LogP contribution in [0.15, 0.2) is 48.1 Å². The number of pyridine rings is 1. The Bertz CT molecular complexity index is 1220. The van der Waals surface area contributed by atoms with Crippen LogP contribution >= 0.6 is 0 Å². The van der Waals surface area contributed by atoms with E-state index in [1.165, 1.54) is 6.92 Å². The SMILES string of the molecule is CC1=C(c2cc(C)cc(CC(=O)C3(c4ccc5c(c4)OC(C)(F)O5)CC3)n2)C=CC(=O)C1. The van der Waals surface area contributed by atoms with Crippen molar-refractivity contribution < 1.29 is 23.5 Å². The third kappa shape index (κ3) is 3.64. The molecule has 5 nitrogen and oxygen atoms in total. The summed E-state index contributed by atoms with van der Waals surface area (Å²) in [7, 11) is 0. The van der Waals surface area contributed by atoms with Crippen molar-refractivity contribution in [1.82, 2.24) is 4.98 Å². The summed E-state index contributed by atoms with van der Waals surface area (Å²) in [6.45, 7) is 5.12. The van der Waals surface area contributed by atoms with Crippen molar-refractivity contribution >= 4 is 17.1 Å². The summed E-state index contributed by atoms with van der Waals surface area (Å²) in [6.07, 6.45) is 5.47. The molecule has 1 atom stereocenters. The number of ketones is 2. The number of benzene rings is 1. The number of aromatic nitrogens is 1. The second-order valence-corrected chi connectivity index (χ2v) is 9.07. The fraction of sp³-hybridized carbons (Fsp3) is 0.346. The highest BCUT2D eigenvalue weighted by Gasteiger charge is 2.51. The average molecular weight is 433 g/mol. The molecule has 0 spiro atoms. The van der Waals surface area contributed by atoms with Crippen molar-refractivity contribution in [1.29, 1.82) is 0 Å². The first-order chi connectivity index (χ1) is 15.1. The van der Waals surface area contributed by atoms with Gasteiger partial charge in [0.25, 0.3) is 0 Å². The fourth-order valence-electron chi connectivity index (χ4n) is 4.58. The predicted octanol–water partition coefficient (Wildman–Crippen LogP) is 4.95. The molecule has 0 saturated heterocycles. The van der Waals surface area contributed by atoms with Gasteiger partial charge in [0.05, 0.1) is 11.1 Å². The monoisotopic (exact) mass is 433 g/mol. The van der Waals surface area contributed by atoms with Gasteiger partial charge in [0, 0.05) is 25.5 Å². The minimum Gasteiger partial charge on any atom is -0.423 e. The Morgan fingerprint density at radius 2 is 1.84 bits per heavy atom. The predicted molar refractivity (Wildman–Crippen MR) is 117 cm³/mol. The summed E-state index contributed by atoms with van der Waals surface area (Å²) < 4.78 is 24.4. The van der Waals surface area contributed by atoms with Gasteiger partial charge >= 0.3 is 6.04 Å². The van der Waals surface area contributed by atoms with Crippen LogP contribution in [-0.2, 0) is 21.4 Å². The molecule has 0 N–H and O–H groups in total. The Morgan fingerprint density at radius 3 is 2.56 bits per heavy atom. The van der Waals surface area contributed by atoms with E-state index < -0.39 is 11.5 Å². The number of allylic oxidation sites excluding steroid dienone is 4. The lowest BCUT2D eigenvalue weighted by Gasteiger charge is -2.16. The van der Waals surface area contributed by atoms with E-state index in [-0.39, 0.29) is 18.0 Å². The van der Waals surface area contributed by atoms with Gasteiger partial charge in [0.1, 0.15) is 5.78 Å². The highest BCUT2D eigenvalue weighted by molar-refractivity contribution is 5.99. The Morgan fingerprint density at radius 1 is 1.09 bits per heavy atom. The number of aryl methyl sites for hydroxylation is 1. The largest absolute Gasteiger partial charge is 0.423 e. The topological polar surface area (TPSA) is 65.5 Å². The number of nitrogens with zero attached hydrogens (tertiary/aromatic N) is 1. The number of carbonyl (C=O) groups is 2. The van der Waals surface area contributed by atoms with Crippen molar-refractivity contribution in [3.05, 3.63) is 70.6 Å². The van der Waals surface area contributed by atoms with Gasteiger partial charge in [0.15, 0.2) is 17.3 Å². The fourth-order valence-corrected chi connectivity index (χ4v) is 4.58. The Hall–Kier alpha value is -3.28. The Kier molecular flexibility index (Phi) is 4.59. The first-order valence-electron chi connectivity index (χ1n) is 10.8. The Balaban J connectivity index is 1.40. The van der Waals surface area contributed by atoms with Crippen LogP contribution in [0.4, 0.5) is 4.39 Å². The molecule has 3 aliphatic rings. The quantitative estimate of drug-likeness (QED) is 0.668. The van der Waals surface area contributed by atoms with Crippen LogP contribution in [0, 0.1) is 6.92 Å². The third-order valence-corrected chi connectivity index (χ3v) is 6.34. The van der Waals surface area contributed by atoms with E-state index in [9.17, 15) is 14.0 Å². The lowest BCUT2D eigenvalue weighted by molar-refractivity contribution is -0.173. The molecule has 6 heteroatoms. The molecule has 0 radical (unpaired) electrons. The number of hydrogen-bond donors (Lipinski definition) is 0. The minimum absolute atomic E-state index is 0.0850. The number of Topliss-reactive ketones (excluding diaryl/α,β-unsaturated/α-hetero) is 1. The number of alkyl halides is 1. The number of rotatable bonds is 5. The molecule has 1 unspecified atom stereocenters. The second kappa shape index (κ2) is 7.12. The molecule has 164 valence electrons. The van der Waals surface area contributed by atoms with Crippen LogP contribution in [0.2, 0.25) is 0 Å². The molecule has 2 aliphatic carbocycles. The molecule has 32 heavy (non-hydrogen) atoms. The summed E-state index contributed by atoms with van der Waals surface area (Å²) in [5.41, 5.74) is 4.65. The average Bonchev–Trinajstić information content (AvgIpc) is 3.44. The number of halogens is 1. The second-order valence-electron chi connectivity index (χ2n) is 9.07. The van der Waals surface area contributed by atoms with Crippen molar-refractivity contribution in [3.63, 3.8) is 0 Å². The molecule has 1 aromatic heterocycles. The van der Waals surface area contributed by atoms with Crippen LogP contribution < -0.4 is 9.47 Å². The zero-order valence-electron chi connectivity index (χ0n) is 18.3. The molecule has 2 heterocycles. The van der Waals surface area contributed by atoms with Crippen LogP contribution in [0.3, 0.4) is 0 Å². The van der Waals surface area contributed by atoms with Gasteiger partial charge in [-0.2, -0.15) is 4.39 Å². The summed E-state index contributed by atoms with van der Waals surface area (Å²) in [6, 6.07) is 6.93. The van der Waals surface area contributed by atoms with Crippen LogP contribution in [0.25, 0.3) is 5.57 Å². The Labute approximate surface area is 186 Å². The van der Waals surface area contributed by atoms with E-state index in [0.29, 0.717) is 23.6 Å². The van der Waals surface area contributed by atoms with Gasteiger partial charge in [-0.3, -0.25) is 14.6 Å². The summed E-state index contributed by atoms with van der Waals surface area (Å²) in [4.78, 5) is 29.8. The molecular weight excluding hydrogens is 409 g/mol. The van der Waals surface area contributed by atoms with E-state index in [2.05, 4.69) is 0 Å². The summed E-state index contributed by atoms with van der Waals surface area (Å²) in [5.74, 6) is 0.837.